The van der Waals surface area contributed by atoms with E-state index < -0.39 is 38.4 Å². The van der Waals surface area contributed by atoms with Crippen LogP contribution in [0.1, 0.15) is 28.9 Å². The van der Waals surface area contributed by atoms with E-state index in [0.29, 0.717) is 5.56 Å². The van der Waals surface area contributed by atoms with Gasteiger partial charge in [0.15, 0.2) is 9.84 Å². The van der Waals surface area contributed by atoms with Crippen molar-refractivity contribution in [2.45, 2.75) is 17.9 Å². The van der Waals surface area contributed by atoms with Crippen molar-refractivity contribution in [1.82, 2.24) is 10.3 Å². The van der Waals surface area contributed by atoms with Crippen LogP contribution in [0.4, 0.5) is 8.78 Å². The minimum absolute atomic E-state index is 0.0811. The number of aromatic nitrogens is 1. The van der Waals surface area contributed by atoms with E-state index in [1.54, 1.807) is 6.92 Å². The van der Waals surface area contributed by atoms with Crippen LogP contribution in [0, 0.1) is 11.8 Å². The first kappa shape index (κ1) is 17.0. The molecule has 0 saturated heterocycles. The molecule has 1 N–H and O–H groups in total. The van der Waals surface area contributed by atoms with Gasteiger partial charge in [0.1, 0.15) is 10.7 Å². The summed E-state index contributed by atoms with van der Waals surface area (Å²) in [6.45, 7) is 1.60. The lowest BCUT2D eigenvalue weighted by molar-refractivity contribution is 0.0939. The molecule has 122 valence electrons. The first-order valence-corrected chi connectivity index (χ1v) is 8.49. The van der Waals surface area contributed by atoms with E-state index >= 15 is 0 Å². The Morgan fingerprint density at radius 1 is 1.22 bits per heavy atom. The predicted molar refractivity (Wildman–Crippen MR) is 79.6 cm³/mol. The Hall–Kier alpha value is -2.35. The monoisotopic (exact) mass is 340 g/mol. The van der Waals surface area contributed by atoms with Gasteiger partial charge in [0.25, 0.3) is 5.91 Å². The molecule has 0 aliphatic heterocycles. The average Bonchev–Trinajstić information content (AvgIpc) is 2.45. The molecule has 23 heavy (non-hydrogen) atoms. The Morgan fingerprint density at radius 2 is 1.91 bits per heavy atom. The van der Waals surface area contributed by atoms with Crippen molar-refractivity contribution >= 4 is 15.7 Å². The van der Waals surface area contributed by atoms with E-state index in [0.717, 1.165) is 30.7 Å². The molecular weight excluding hydrogens is 326 g/mol. The molecule has 0 bridgehead atoms. The molecule has 0 fully saturated rings. The smallest absolute Gasteiger partial charge is 0.251 e. The Bertz CT molecular complexity index is 854. The molecule has 5 nitrogen and oxygen atoms in total. The van der Waals surface area contributed by atoms with Gasteiger partial charge in [-0.05, 0) is 30.7 Å². The number of carbonyl (C=O) groups excluding carboxylic acids is 1. The summed E-state index contributed by atoms with van der Waals surface area (Å²) in [5.41, 5.74) is 0.468. The van der Waals surface area contributed by atoms with Gasteiger partial charge in [-0.15, -0.1) is 0 Å². The number of hydrogen-bond donors (Lipinski definition) is 1. The Kier molecular flexibility index (Phi) is 4.74. The SMILES string of the molecule is CC(NC(=O)c1ccnc(F)c1)c1ccc(S(C)(=O)=O)c(F)c1. The zero-order valence-electron chi connectivity index (χ0n) is 12.4. The van der Waals surface area contributed by atoms with Gasteiger partial charge < -0.3 is 5.32 Å². The lowest BCUT2D eigenvalue weighted by atomic mass is 10.1. The van der Waals surface area contributed by atoms with Gasteiger partial charge in [0, 0.05) is 24.1 Å². The summed E-state index contributed by atoms with van der Waals surface area (Å²) in [5.74, 6) is -2.22. The minimum atomic E-state index is -3.66. The van der Waals surface area contributed by atoms with Crippen LogP contribution in [0.15, 0.2) is 41.4 Å². The maximum Gasteiger partial charge on any atom is 0.251 e. The Balaban J connectivity index is 2.19. The third kappa shape index (κ3) is 4.10. The van der Waals surface area contributed by atoms with Crippen molar-refractivity contribution in [2.75, 3.05) is 6.26 Å². The number of carbonyl (C=O) groups is 1. The molecule has 2 aromatic rings. The fraction of sp³-hybridized carbons (Fsp3) is 0.200. The predicted octanol–water partition coefficient (Wildman–Crippen LogP) is 2.25. The molecule has 1 aromatic heterocycles. The second-order valence-corrected chi connectivity index (χ2v) is 7.01. The molecule has 1 unspecified atom stereocenters. The van der Waals surface area contributed by atoms with Crippen LogP contribution in [0.25, 0.3) is 0 Å². The van der Waals surface area contributed by atoms with E-state index in [9.17, 15) is 22.0 Å². The summed E-state index contributed by atoms with van der Waals surface area (Å²) in [6, 6.07) is 5.34. The van der Waals surface area contributed by atoms with Crippen LogP contribution < -0.4 is 5.32 Å². The quantitative estimate of drug-likeness (QED) is 0.866. The highest BCUT2D eigenvalue weighted by atomic mass is 32.2. The largest absolute Gasteiger partial charge is 0.346 e. The van der Waals surface area contributed by atoms with Crippen molar-refractivity contribution in [1.29, 1.82) is 0 Å². The van der Waals surface area contributed by atoms with Crippen molar-refractivity contribution in [3.8, 4) is 0 Å². The van der Waals surface area contributed by atoms with Crippen LogP contribution >= 0.6 is 0 Å². The summed E-state index contributed by atoms with van der Waals surface area (Å²) in [5, 5.41) is 2.58. The normalized spacial score (nSPS) is 12.7. The summed E-state index contributed by atoms with van der Waals surface area (Å²) < 4.78 is 49.6. The third-order valence-electron chi connectivity index (χ3n) is 3.19. The molecule has 8 heteroatoms. The molecular formula is C15H14F2N2O3S. The maximum absolute atomic E-state index is 13.9. The fourth-order valence-corrected chi connectivity index (χ4v) is 2.72. The number of rotatable bonds is 4. The van der Waals surface area contributed by atoms with Gasteiger partial charge in [-0.2, -0.15) is 4.39 Å². The standard InChI is InChI=1S/C15H14F2N2O3S/c1-9(19-15(20)11-5-6-18-14(17)8-11)10-3-4-13(12(16)7-10)23(2,21)22/h3-9H,1-2H3,(H,19,20). The summed E-state index contributed by atoms with van der Waals surface area (Å²) in [7, 11) is -3.66. The van der Waals surface area contributed by atoms with E-state index in [4.69, 9.17) is 0 Å². The fourth-order valence-electron chi connectivity index (χ4n) is 1.99. The lowest BCUT2D eigenvalue weighted by Crippen LogP contribution is -2.27. The van der Waals surface area contributed by atoms with E-state index in [1.807, 2.05) is 0 Å². The number of sulfone groups is 1. The summed E-state index contributed by atoms with van der Waals surface area (Å²) >= 11 is 0. The summed E-state index contributed by atoms with van der Waals surface area (Å²) in [6.07, 6.45) is 2.07. The zero-order chi connectivity index (χ0) is 17.2. The second-order valence-electron chi connectivity index (χ2n) is 5.02. The first-order valence-electron chi connectivity index (χ1n) is 6.60. The van der Waals surface area contributed by atoms with Gasteiger partial charge >= 0.3 is 0 Å². The van der Waals surface area contributed by atoms with Gasteiger partial charge in [-0.1, -0.05) is 6.07 Å². The molecule has 1 aromatic carbocycles. The number of benzene rings is 1. The van der Waals surface area contributed by atoms with Crippen molar-refractivity contribution in [3.05, 3.63) is 59.4 Å². The number of hydrogen-bond acceptors (Lipinski definition) is 4. The van der Waals surface area contributed by atoms with Crippen LogP contribution in [0.3, 0.4) is 0 Å². The van der Waals surface area contributed by atoms with Gasteiger partial charge in [0.2, 0.25) is 5.95 Å². The molecule has 0 radical (unpaired) electrons. The number of nitrogens with one attached hydrogen (secondary N) is 1. The van der Waals surface area contributed by atoms with Gasteiger partial charge in [-0.3, -0.25) is 4.79 Å². The zero-order valence-corrected chi connectivity index (χ0v) is 13.2. The molecule has 0 aliphatic rings. The number of pyridine rings is 1. The van der Waals surface area contributed by atoms with E-state index in [-0.39, 0.29) is 5.56 Å². The average molecular weight is 340 g/mol. The molecule has 2 rings (SSSR count). The first-order chi connectivity index (χ1) is 10.7. The Labute approximate surface area is 132 Å². The van der Waals surface area contributed by atoms with Crippen LogP contribution in [0.5, 0.6) is 0 Å². The van der Waals surface area contributed by atoms with Crippen LogP contribution in [0.2, 0.25) is 0 Å². The highest BCUT2D eigenvalue weighted by molar-refractivity contribution is 7.90. The minimum Gasteiger partial charge on any atom is -0.346 e. The van der Waals surface area contributed by atoms with Crippen LogP contribution in [-0.2, 0) is 9.84 Å². The van der Waals surface area contributed by atoms with Crippen molar-refractivity contribution in [2.24, 2.45) is 0 Å². The number of amides is 1. The molecule has 0 spiro atoms. The molecule has 0 aliphatic carbocycles. The topological polar surface area (TPSA) is 76.1 Å². The molecule has 0 saturated carbocycles. The van der Waals surface area contributed by atoms with Crippen LogP contribution in [-0.4, -0.2) is 25.6 Å². The third-order valence-corrected chi connectivity index (χ3v) is 4.32. The highest BCUT2D eigenvalue weighted by Gasteiger charge is 2.17. The number of nitrogens with zero attached hydrogens (tertiary/aromatic N) is 1. The van der Waals surface area contributed by atoms with Gasteiger partial charge in [-0.25, -0.2) is 17.8 Å². The second kappa shape index (κ2) is 6.41. The highest BCUT2D eigenvalue weighted by Crippen LogP contribution is 2.20. The molecule has 1 heterocycles. The molecule has 1 amide bonds. The van der Waals surface area contributed by atoms with Gasteiger partial charge in [0.05, 0.1) is 6.04 Å². The maximum atomic E-state index is 13.9. The van der Waals surface area contributed by atoms with Crippen molar-refractivity contribution in [3.63, 3.8) is 0 Å². The van der Waals surface area contributed by atoms with Crippen molar-refractivity contribution < 1.29 is 22.0 Å². The van der Waals surface area contributed by atoms with E-state index in [2.05, 4.69) is 10.3 Å². The number of halogens is 2. The molecule has 1 atom stereocenters. The summed E-state index contributed by atoms with van der Waals surface area (Å²) in [4.78, 5) is 14.9. The lowest BCUT2D eigenvalue weighted by Gasteiger charge is -2.15. The Morgan fingerprint density at radius 3 is 2.48 bits per heavy atom. The van der Waals surface area contributed by atoms with E-state index in [1.165, 1.54) is 12.1 Å².